The maximum atomic E-state index is 9.96. The summed E-state index contributed by atoms with van der Waals surface area (Å²) in [5.74, 6) is 0. The van der Waals surface area contributed by atoms with E-state index in [0.29, 0.717) is 5.41 Å². The molecule has 64 valence electrons. The Labute approximate surface area is 69.5 Å². The average Bonchev–Trinajstić information content (AvgIpc) is 1.87. The van der Waals surface area contributed by atoms with Crippen LogP contribution in [0.4, 0.5) is 0 Å². The van der Waals surface area contributed by atoms with E-state index in [9.17, 15) is 4.79 Å². The van der Waals surface area contributed by atoms with Crippen LogP contribution < -0.4 is 0 Å². The lowest BCUT2D eigenvalue weighted by atomic mass is 9.84. The summed E-state index contributed by atoms with van der Waals surface area (Å²) in [6, 6.07) is 0. The first kappa shape index (κ1) is 10.4. The molecule has 0 N–H and O–H groups in total. The minimum Gasteiger partial charge on any atom is -0.299 e. The Bertz CT molecular complexity index is 134. The standard InChI is InChI=1S/C10H18O/c1-4-7-10(2,3)8-5-6-9-11/h5-6,9H,4,7-8H2,1-3H3/b6-5+. The predicted molar refractivity (Wildman–Crippen MR) is 48.5 cm³/mol. The quantitative estimate of drug-likeness (QED) is 0.439. The van der Waals surface area contributed by atoms with E-state index in [1.807, 2.05) is 6.08 Å². The SMILES string of the molecule is CCCC(C)(C)C/C=C/C=O. The maximum absolute atomic E-state index is 9.96. The summed E-state index contributed by atoms with van der Waals surface area (Å²) in [6.45, 7) is 6.64. The number of aldehydes is 1. The van der Waals surface area contributed by atoms with Crippen molar-refractivity contribution in [3.63, 3.8) is 0 Å². The van der Waals surface area contributed by atoms with Crippen LogP contribution in [0.2, 0.25) is 0 Å². The Morgan fingerprint density at radius 3 is 2.45 bits per heavy atom. The Hall–Kier alpha value is -0.590. The lowest BCUT2D eigenvalue weighted by Gasteiger charge is -2.21. The van der Waals surface area contributed by atoms with E-state index in [-0.39, 0.29) is 0 Å². The van der Waals surface area contributed by atoms with Crippen LogP contribution in [0, 0.1) is 5.41 Å². The van der Waals surface area contributed by atoms with Gasteiger partial charge >= 0.3 is 0 Å². The van der Waals surface area contributed by atoms with Gasteiger partial charge in [0.25, 0.3) is 0 Å². The molecule has 0 saturated carbocycles. The summed E-state index contributed by atoms with van der Waals surface area (Å²) >= 11 is 0. The van der Waals surface area contributed by atoms with Gasteiger partial charge in [-0.05, 0) is 24.3 Å². The number of hydrogen-bond donors (Lipinski definition) is 0. The fourth-order valence-corrected chi connectivity index (χ4v) is 1.22. The average molecular weight is 154 g/mol. The summed E-state index contributed by atoms with van der Waals surface area (Å²) in [4.78, 5) is 9.96. The third-order valence-electron chi connectivity index (χ3n) is 1.81. The van der Waals surface area contributed by atoms with Crippen molar-refractivity contribution in [2.24, 2.45) is 5.41 Å². The minimum absolute atomic E-state index is 0.355. The monoisotopic (exact) mass is 154 g/mol. The molecule has 11 heavy (non-hydrogen) atoms. The predicted octanol–water partition coefficient (Wildman–Crippen LogP) is 2.96. The molecule has 0 atom stereocenters. The fourth-order valence-electron chi connectivity index (χ4n) is 1.22. The van der Waals surface area contributed by atoms with E-state index in [0.717, 1.165) is 12.7 Å². The molecule has 0 heterocycles. The van der Waals surface area contributed by atoms with E-state index in [1.54, 1.807) is 6.08 Å². The van der Waals surface area contributed by atoms with E-state index < -0.39 is 0 Å². The third kappa shape index (κ3) is 5.84. The topological polar surface area (TPSA) is 17.1 Å². The first-order valence-electron chi connectivity index (χ1n) is 4.22. The van der Waals surface area contributed by atoms with Crippen molar-refractivity contribution in [3.05, 3.63) is 12.2 Å². The number of rotatable bonds is 5. The van der Waals surface area contributed by atoms with Gasteiger partial charge in [-0.3, -0.25) is 4.79 Å². The van der Waals surface area contributed by atoms with Crippen molar-refractivity contribution in [3.8, 4) is 0 Å². The van der Waals surface area contributed by atoms with Gasteiger partial charge in [0.15, 0.2) is 0 Å². The molecule has 0 aliphatic rings. The molecule has 0 aromatic carbocycles. The molecule has 0 bridgehead atoms. The highest BCUT2D eigenvalue weighted by Crippen LogP contribution is 2.26. The molecule has 0 aliphatic carbocycles. The Balaban J connectivity index is 3.71. The lowest BCUT2D eigenvalue weighted by molar-refractivity contribution is -0.104. The molecular weight excluding hydrogens is 136 g/mol. The second-order valence-electron chi connectivity index (χ2n) is 3.68. The van der Waals surface area contributed by atoms with Gasteiger partial charge in [0.1, 0.15) is 6.29 Å². The van der Waals surface area contributed by atoms with Crippen LogP contribution in [0.3, 0.4) is 0 Å². The lowest BCUT2D eigenvalue weighted by Crippen LogP contribution is -2.08. The third-order valence-corrected chi connectivity index (χ3v) is 1.81. The van der Waals surface area contributed by atoms with Gasteiger partial charge in [0.2, 0.25) is 0 Å². The highest BCUT2D eigenvalue weighted by molar-refractivity contribution is 5.64. The Morgan fingerprint density at radius 2 is 2.00 bits per heavy atom. The largest absolute Gasteiger partial charge is 0.299 e. The van der Waals surface area contributed by atoms with Crippen LogP contribution in [-0.2, 0) is 4.79 Å². The van der Waals surface area contributed by atoms with Gasteiger partial charge in [0.05, 0.1) is 0 Å². The molecule has 0 rings (SSSR count). The summed E-state index contributed by atoms with van der Waals surface area (Å²) in [7, 11) is 0. The molecule has 0 fully saturated rings. The van der Waals surface area contributed by atoms with E-state index >= 15 is 0 Å². The highest BCUT2D eigenvalue weighted by atomic mass is 16.1. The highest BCUT2D eigenvalue weighted by Gasteiger charge is 2.13. The molecule has 0 unspecified atom stereocenters. The molecule has 0 aliphatic heterocycles. The molecule has 0 saturated heterocycles. The van der Waals surface area contributed by atoms with Crippen molar-refractivity contribution < 1.29 is 4.79 Å². The molecule has 0 radical (unpaired) electrons. The van der Waals surface area contributed by atoms with Crippen molar-refractivity contribution in [2.45, 2.75) is 40.0 Å². The second kappa shape index (κ2) is 5.11. The van der Waals surface area contributed by atoms with Gasteiger partial charge in [0, 0.05) is 0 Å². The van der Waals surface area contributed by atoms with Crippen molar-refractivity contribution in [1.29, 1.82) is 0 Å². The zero-order valence-electron chi connectivity index (χ0n) is 7.76. The van der Waals surface area contributed by atoms with Crippen LogP contribution in [0.15, 0.2) is 12.2 Å². The van der Waals surface area contributed by atoms with Gasteiger partial charge in [-0.2, -0.15) is 0 Å². The number of carbonyl (C=O) groups is 1. The van der Waals surface area contributed by atoms with Gasteiger partial charge in [-0.15, -0.1) is 0 Å². The summed E-state index contributed by atoms with van der Waals surface area (Å²) in [5, 5.41) is 0. The molecule has 1 nitrogen and oxygen atoms in total. The Morgan fingerprint density at radius 1 is 1.36 bits per heavy atom. The van der Waals surface area contributed by atoms with Crippen LogP contribution in [0.5, 0.6) is 0 Å². The molecular formula is C10H18O. The van der Waals surface area contributed by atoms with Crippen LogP contribution in [-0.4, -0.2) is 6.29 Å². The van der Waals surface area contributed by atoms with Gasteiger partial charge in [-0.1, -0.05) is 33.3 Å². The first-order valence-corrected chi connectivity index (χ1v) is 4.22. The Kier molecular flexibility index (Phi) is 4.84. The first-order chi connectivity index (χ1) is 5.12. The van der Waals surface area contributed by atoms with Crippen LogP contribution in [0.1, 0.15) is 40.0 Å². The van der Waals surface area contributed by atoms with Crippen LogP contribution in [0.25, 0.3) is 0 Å². The smallest absolute Gasteiger partial charge is 0.142 e. The molecule has 0 amide bonds. The van der Waals surface area contributed by atoms with Crippen molar-refractivity contribution >= 4 is 6.29 Å². The fraction of sp³-hybridized carbons (Fsp3) is 0.700. The summed E-state index contributed by atoms with van der Waals surface area (Å²) in [5.41, 5.74) is 0.355. The second-order valence-corrected chi connectivity index (χ2v) is 3.68. The molecule has 0 aromatic rings. The van der Waals surface area contributed by atoms with E-state index in [1.165, 1.54) is 12.8 Å². The zero-order valence-corrected chi connectivity index (χ0v) is 7.76. The molecule has 0 aromatic heterocycles. The molecule has 1 heteroatoms. The molecule has 0 spiro atoms. The minimum atomic E-state index is 0.355. The van der Waals surface area contributed by atoms with E-state index in [4.69, 9.17) is 0 Å². The summed E-state index contributed by atoms with van der Waals surface area (Å²) in [6.07, 6.45) is 7.79. The van der Waals surface area contributed by atoms with Crippen molar-refractivity contribution in [1.82, 2.24) is 0 Å². The van der Waals surface area contributed by atoms with E-state index in [2.05, 4.69) is 20.8 Å². The van der Waals surface area contributed by atoms with Crippen LogP contribution >= 0.6 is 0 Å². The zero-order chi connectivity index (χ0) is 8.74. The van der Waals surface area contributed by atoms with Gasteiger partial charge < -0.3 is 0 Å². The number of carbonyl (C=O) groups excluding carboxylic acids is 1. The maximum Gasteiger partial charge on any atom is 0.142 e. The van der Waals surface area contributed by atoms with Gasteiger partial charge in [-0.25, -0.2) is 0 Å². The number of hydrogen-bond acceptors (Lipinski definition) is 1. The normalized spacial score (nSPS) is 12.3. The summed E-state index contributed by atoms with van der Waals surface area (Å²) < 4.78 is 0. The number of allylic oxidation sites excluding steroid dienone is 2. The van der Waals surface area contributed by atoms with Crippen molar-refractivity contribution in [2.75, 3.05) is 0 Å².